The Labute approximate surface area is 70.0 Å². The minimum atomic E-state index is -0.807. The van der Waals surface area contributed by atoms with Gasteiger partial charge in [-0.1, -0.05) is 0 Å². The standard InChI is InChI=1S/C7H11N3O2/c1-10-5-3-6(9-10)8-4-2-7(11)12/h3,5H,2,4H2,1H3,(H,8,9)(H,11,12). The second-order valence-electron chi connectivity index (χ2n) is 2.45. The molecule has 0 aromatic carbocycles. The summed E-state index contributed by atoms with van der Waals surface area (Å²) in [6, 6.07) is 1.79. The van der Waals surface area contributed by atoms with E-state index in [9.17, 15) is 4.79 Å². The predicted octanol–water partition coefficient (Wildman–Crippen LogP) is 0.307. The molecule has 0 radical (unpaired) electrons. The molecule has 0 fully saturated rings. The predicted molar refractivity (Wildman–Crippen MR) is 44.0 cm³/mol. The molecule has 0 atom stereocenters. The number of nitrogens with one attached hydrogen (secondary N) is 1. The molecule has 0 amide bonds. The molecule has 1 aromatic rings. The lowest BCUT2D eigenvalue weighted by atomic mass is 10.4. The van der Waals surface area contributed by atoms with Crippen molar-refractivity contribution >= 4 is 11.8 Å². The van der Waals surface area contributed by atoms with Gasteiger partial charge in [0.05, 0.1) is 6.42 Å². The van der Waals surface area contributed by atoms with Crippen LogP contribution in [0.3, 0.4) is 0 Å². The average molecular weight is 169 g/mol. The molecule has 0 aliphatic rings. The molecular formula is C7H11N3O2. The van der Waals surface area contributed by atoms with Crippen molar-refractivity contribution in [3.05, 3.63) is 12.3 Å². The van der Waals surface area contributed by atoms with Crippen LogP contribution in [-0.4, -0.2) is 27.4 Å². The molecular weight excluding hydrogens is 158 g/mol. The summed E-state index contributed by atoms with van der Waals surface area (Å²) < 4.78 is 1.66. The van der Waals surface area contributed by atoms with Crippen molar-refractivity contribution in [2.24, 2.45) is 7.05 Å². The van der Waals surface area contributed by atoms with Crippen molar-refractivity contribution in [2.45, 2.75) is 6.42 Å². The number of carboxylic acids is 1. The van der Waals surface area contributed by atoms with Gasteiger partial charge in [0.15, 0.2) is 0 Å². The largest absolute Gasteiger partial charge is 0.481 e. The van der Waals surface area contributed by atoms with Crippen LogP contribution in [0.4, 0.5) is 5.82 Å². The molecule has 5 nitrogen and oxygen atoms in total. The van der Waals surface area contributed by atoms with E-state index in [4.69, 9.17) is 5.11 Å². The highest BCUT2D eigenvalue weighted by molar-refractivity contribution is 5.67. The molecule has 1 aromatic heterocycles. The number of anilines is 1. The molecule has 66 valence electrons. The summed E-state index contributed by atoms with van der Waals surface area (Å²) in [6.45, 7) is 0.409. The van der Waals surface area contributed by atoms with Gasteiger partial charge >= 0.3 is 5.97 Å². The third-order valence-electron chi connectivity index (χ3n) is 1.36. The fourth-order valence-corrected chi connectivity index (χ4v) is 0.807. The van der Waals surface area contributed by atoms with Gasteiger partial charge in [-0.3, -0.25) is 9.48 Å². The fraction of sp³-hybridized carbons (Fsp3) is 0.429. The van der Waals surface area contributed by atoms with E-state index >= 15 is 0 Å². The van der Waals surface area contributed by atoms with Gasteiger partial charge in [-0.15, -0.1) is 0 Å². The molecule has 0 saturated heterocycles. The third-order valence-corrected chi connectivity index (χ3v) is 1.36. The molecule has 12 heavy (non-hydrogen) atoms. The van der Waals surface area contributed by atoms with E-state index < -0.39 is 5.97 Å². The maximum atomic E-state index is 10.1. The summed E-state index contributed by atoms with van der Waals surface area (Å²) in [7, 11) is 1.81. The highest BCUT2D eigenvalue weighted by Crippen LogP contribution is 1.99. The fourth-order valence-electron chi connectivity index (χ4n) is 0.807. The molecule has 0 bridgehead atoms. The van der Waals surface area contributed by atoms with Crippen molar-refractivity contribution in [1.29, 1.82) is 0 Å². The first-order chi connectivity index (χ1) is 5.68. The van der Waals surface area contributed by atoms with E-state index in [2.05, 4.69) is 10.4 Å². The number of nitrogens with zero attached hydrogens (tertiary/aromatic N) is 2. The lowest BCUT2D eigenvalue weighted by molar-refractivity contribution is -0.136. The number of carboxylic acid groups (broad SMARTS) is 1. The van der Waals surface area contributed by atoms with Crippen LogP contribution in [0.25, 0.3) is 0 Å². The van der Waals surface area contributed by atoms with Gasteiger partial charge in [0.1, 0.15) is 5.82 Å². The smallest absolute Gasteiger partial charge is 0.305 e. The lowest BCUT2D eigenvalue weighted by Crippen LogP contribution is -2.07. The molecule has 2 N–H and O–H groups in total. The number of aliphatic carboxylic acids is 1. The maximum Gasteiger partial charge on any atom is 0.305 e. The number of aromatic nitrogens is 2. The number of aryl methyl sites for hydroxylation is 1. The monoisotopic (exact) mass is 169 g/mol. The molecule has 0 aliphatic heterocycles. The molecule has 0 unspecified atom stereocenters. The van der Waals surface area contributed by atoms with Crippen molar-refractivity contribution < 1.29 is 9.90 Å². The van der Waals surface area contributed by atoms with Crippen LogP contribution in [-0.2, 0) is 11.8 Å². The van der Waals surface area contributed by atoms with E-state index in [0.717, 1.165) is 0 Å². The van der Waals surface area contributed by atoms with Crippen molar-refractivity contribution in [1.82, 2.24) is 9.78 Å². The zero-order valence-corrected chi connectivity index (χ0v) is 6.82. The summed E-state index contributed by atoms with van der Waals surface area (Å²) >= 11 is 0. The van der Waals surface area contributed by atoms with Gasteiger partial charge in [-0.05, 0) is 0 Å². The van der Waals surface area contributed by atoms with Gasteiger partial charge in [-0.2, -0.15) is 5.10 Å². The van der Waals surface area contributed by atoms with Gasteiger partial charge in [0, 0.05) is 25.9 Å². The summed E-state index contributed by atoms with van der Waals surface area (Å²) in [4.78, 5) is 10.1. The highest BCUT2D eigenvalue weighted by Gasteiger charge is 1.97. The first kappa shape index (κ1) is 8.58. The Balaban J connectivity index is 2.29. The first-order valence-electron chi connectivity index (χ1n) is 3.64. The molecule has 1 heterocycles. The number of hydrogen-bond acceptors (Lipinski definition) is 3. The van der Waals surface area contributed by atoms with E-state index in [0.29, 0.717) is 12.4 Å². The minimum Gasteiger partial charge on any atom is -0.481 e. The minimum absolute atomic E-state index is 0.108. The lowest BCUT2D eigenvalue weighted by Gasteiger charge is -1.98. The Morgan fingerprint density at radius 3 is 3.08 bits per heavy atom. The highest BCUT2D eigenvalue weighted by atomic mass is 16.4. The maximum absolute atomic E-state index is 10.1. The average Bonchev–Trinajstić information content (AvgIpc) is 2.35. The van der Waals surface area contributed by atoms with E-state index in [-0.39, 0.29) is 6.42 Å². The molecule has 5 heteroatoms. The van der Waals surface area contributed by atoms with Crippen LogP contribution in [0.15, 0.2) is 12.3 Å². The molecule has 1 rings (SSSR count). The Bertz CT molecular complexity index is 269. The quantitative estimate of drug-likeness (QED) is 0.680. The third kappa shape index (κ3) is 2.61. The van der Waals surface area contributed by atoms with Gasteiger partial charge in [0.25, 0.3) is 0 Å². The van der Waals surface area contributed by atoms with E-state index in [1.54, 1.807) is 16.9 Å². The Morgan fingerprint density at radius 1 is 1.83 bits per heavy atom. The van der Waals surface area contributed by atoms with Crippen LogP contribution in [0, 0.1) is 0 Å². The summed E-state index contributed by atoms with van der Waals surface area (Å²) in [5, 5.41) is 15.2. The van der Waals surface area contributed by atoms with Crippen LogP contribution >= 0.6 is 0 Å². The van der Waals surface area contributed by atoms with E-state index in [1.807, 2.05) is 7.05 Å². The normalized spacial score (nSPS) is 9.75. The van der Waals surface area contributed by atoms with Crippen molar-refractivity contribution in [2.75, 3.05) is 11.9 Å². The second-order valence-corrected chi connectivity index (χ2v) is 2.45. The van der Waals surface area contributed by atoms with Crippen molar-refractivity contribution in [3.8, 4) is 0 Å². The number of carbonyl (C=O) groups is 1. The van der Waals surface area contributed by atoms with Crippen LogP contribution in [0.5, 0.6) is 0 Å². The SMILES string of the molecule is Cn1ccc(NCCC(=O)O)n1. The van der Waals surface area contributed by atoms with Crippen LogP contribution < -0.4 is 5.32 Å². The summed E-state index contributed by atoms with van der Waals surface area (Å²) in [5.41, 5.74) is 0. The second kappa shape index (κ2) is 3.75. The van der Waals surface area contributed by atoms with Gasteiger partial charge in [-0.25, -0.2) is 0 Å². The van der Waals surface area contributed by atoms with Crippen molar-refractivity contribution in [3.63, 3.8) is 0 Å². The Kier molecular flexibility index (Phi) is 2.68. The number of hydrogen-bond donors (Lipinski definition) is 2. The summed E-state index contributed by atoms with van der Waals surface area (Å²) in [5.74, 6) is -0.0998. The first-order valence-corrected chi connectivity index (χ1v) is 3.64. The number of rotatable bonds is 4. The van der Waals surface area contributed by atoms with Crippen LogP contribution in [0.2, 0.25) is 0 Å². The topological polar surface area (TPSA) is 67.2 Å². The molecule has 0 saturated carbocycles. The van der Waals surface area contributed by atoms with Gasteiger partial charge < -0.3 is 10.4 Å². The van der Waals surface area contributed by atoms with E-state index in [1.165, 1.54) is 0 Å². The van der Waals surface area contributed by atoms with Gasteiger partial charge in [0.2, 0.25) is 0 Å². The zero-order valence-electron chi connectivity index (χ0n) is 6.82. The molecule has 0 aliphatic carbocycles. The zero-order chi connectivity index (χ0) is 8.97. The Morgan fingerprint density at radius 2 is 2.58 bits per heavy atom. The Hall–Kier alpha value is -1.52. The molecule has 0 spiro atoms. The summed E-state index contributed by atoms with van der Waals surface area (Å²) in [6.07, 6.45) is 1.90. The van der Waals surface area contributed by atoms with Crippen LogP contribution in [0.1, 0.15) is 6.42 Å².